The van der Waals surface area contributed by atoms with Crippen LogP contribution in [0.2, 0.25) is 0 Å². The van der Waals surface area contributed by atoms with E-state index in [1.807, 2.05) is 0 Å². The van der Waals surface area contributed by atoms with E-state index in [0.717, 1.165) is 26.1 Å². The molecule has 2 aliphatic rings. The molecule has 1 amide bonds. The molecule has 2 rings (SSSR count). The van der Waals surface area contributed by atoms with Crippen molar-refractivity contribution in [3.05, 3.63) is 0 Å². The SMILES string of the molecule is CC1CCCCCN1C(=O)CC1CCCNC1. The lowest BCUT2D eigenvalue weighted by Gasteiger charge is -2.30. The van der Waals surface area contributed by atoms with E-state index in [0.29, 0.717) is 17.9 Å². The van der Waals surface area contributed by atoms with Gasteiger partial charge in [-0.2, -0.15) is 0 Å². The molecule has 1 N–H and O–H groups in total. The quantitative estimate of drug-likeness (QED) is 0.799. The van der Waals surface area contributed by atoms with Gasteiger partial charge < -0.3 is 10.2 Å². The number of hydrogen-bond acceptors (Lipinski definition) is 2. The van der Waals surface area contributed by atoms with Crippen LogP contribution in [0.15, 0.2) is 0 Å². The van der Waals surface area contributed by atoms with Gasteiger partial charge in [0.1, 0.15) is 0 Å². The molecule has 0 radical (unpaired) electrons. The van der Waals surface area contributed by atoms with E-state index in [1.54, 1.807) is 0 Å². The number of nitrogens with zero attached hydrogens (tertiary/aromatic N) is 1. The molecule has 0 aliphatic carbocycles. The summed E-state index contributed by atoms with van der Waals surface area (Å²) in [5.74, 6) is 0.972. The van der Waals surface area contributed by atoms with Crippen LogP contribution in [0.25, 0.3) is 0 Å². The second-order valence-corrected chi connectivity index (χ2v) is 5.70. The summed E-state index contributed by atoms with van der Waals surface area (Å²) in [6.07, 6.45) is 8.18. The third-order valence-corrected chi connectivity index (χ3v) is 4.24. The van der Waals surface area contributed by atoms with Crippen LogP contribution in [0.4, 0.5) is 0 Å². The molecule has 0 aromatic carbocycles. The van der Waals surface area contributed by atoms with Gasteiger partial charge in [-0.15, -0.1) is 0 Å². The van der Waals surface area contributed by atoms with Crippen molar-refractivity contribution >= 4 is 5.91 Å². The molecule has 0 aromatic heterocycles. The molecule has 3 nitrogen and oxygen atoms in total. The zero-order chi connectivity index (χ0) is 12.1. The van der Waals surface area contributed by atoms with Crippen molar-refractivity contribution in [3.8, 4) is 0 Å². The van der Waals surface area contributed by atoms with Crippen molar-refractivity contribution in [1.29, 1.82) is 0 Å². The summed E-state index contributed by atoms with van der Waals surface area (Å²) in [6.45, 7) is 5.36. The van der Waals surface area contributed by atoms with E-state index in [9.17, 15) is 4.79 Å². The Morgan fingerprint density at radius 3 is 2.88 bits per heavy atom. The van der Waals surface area contributed by atoms with Gasteiger partial charge >= 0.3 is 0 Å². The highest BCUT2D eigenvalue weighted by Crippen LogP contribution is 2.20. The van der Waals surface area contributed by atoms with Gasteiger partial charge in [-0.1, -0.05) is 12.8 Å². The first kappa shape index (κ1) is 12.9. The fourth-order valence-electron chi connectivity index (χ4n) is 3.11. The minimum absolute atomic E-state index is 0.396. The highest BCUT2D eigenvalue weighted by Gasteiger charge is 2.25. The summed E-state index contributed by atoms with van der Waals surface area (Å²) in [5.41, 5.74) is 0. The predicted molar refractivity (Wildman–Crippen MR) is 69.9 cm³/mol. The summed E-state index contributed by atoms with van der Waals surface area (Å²) < 4.78 is 0. The minimum Gasteiger partial charge on any atom is -0.340 e. The molecule has 0 aromatic rings. The van der Waals surface area contributed by atoms with Crippen LogP contribution in [-0.4, -0.2) is 36.5 Å². The Labute approximate surface area is 105 Å². The zero-order valence-electron chi connectivity index (χ0n) is 11.1. The first-order chi connectivity index (χ1) is 8.27. The Balaban J connectivity index is 1.84. The van der Waals surface area contributed by atoms with Gasteiger partial charge in [0, 0.05) is 19.0 Å². The maximum absolute atomic E-state index is 12.3. The number of likely N-dealkylation sites (tertiary alicyclic amines) is 1. The number of hydrogen-bond donors (Lipinski definition) is 1. The van der Waals surface area contributed by atoms with Crippen LogP contribution in [0.3, 0.4) is 0 Å². The fraction of sp³-hybridized carbons (Fsp3) is 0.929. The third-order valence-electron chi connectivity index (χ3n) is 4.24. The first-order valence-electron chi connectivity index (χ1n) is 7.27. The second-order valence-electron chi connectivity index (χ2n) is 5.70. The van der Waals surface area contributed by atoms with Crippen molar-refractivity contribution in [2.45, 2.75) is 57.9 Å². The van der Waals surface area contributed by atoms with Gasteiger partial charge in [0.05, 0.1) is 0 Å². The number of piperidine rings is 1. The predicted octanol–water partition coefficient (Wildman–Crippen LogP) is 2.17. The van der Waals surface area contributed by atoms with E-state index in [-0.39, 0.29) is 0 Å². The fourth-order valence-corrected chi connectivity index (χ4v) is 3.11. The van der Waals surface area contributed by atoms with Crippen molar-refractivity contribution in [2.24, 2.45) is 5.92 Å². The summed E-state index contributed by atoms with van der Waals surface area (Å²) in [6, 6.07) is 0.460. The zero-order valence-corrected chi connectivity index (χ0v) is 11.1. The highest BCUT2D eigenvalue weighted by atomic mass is 16.2. The monoisotopic (exact) mass is 238 g/mol. The average Bonchev–Trinajstić information content (AvgIpc) is 2.55. The molecule has 2 aliphatic heterocycles. The van der Waals surface area contributed by atoms with E-state index < -0.39 is 0 Å². The molecule has 3 heteroatoms. The Bertz CT molecular complexity index is 249. The smallest absolute Gasteiger partial charge is 0.223 e. The Morgan fingerprint density at radius 2 is 2.12 bits per heavy atom. The standard InChI is InChI=1S/C14H26N2O/c1-12-6-3-2-4-9-16(12)14(17)10-13-7-5-8-15-11-13/h12-13,15H,2-11H2,1H3. The molecule has 2 unspecified atom stereocenters. The number of rotatable bonds is 2. The van der Waals surface area contributed by atoms with Crippen molar-refractivity contribution in [1.82, 2.24) is 10.2 Å². The Morgan fingerprint density at radius 1 is 1.24 bits per heavy atom. The molecule has 0 saturated carbocycles. The van der Waals surface area contributed by atoms with E-state index in [4.69, 9.17) is 0 Å². The van der Waals surface area contributed by atoms with Crippen LogP contribution < -0.4 is 5.32 Å². The first-order valence-corrected chi connectivity index (χ1v) is 7.27. The van der Waals surface area contributed by atoms with Crippen molar-refractivity contribution < 1.29 is 4.79 Å². The lowest BCUT2D eigenvalue weighted by molar-refractivity contribution is -0.134. The van der Waals surface area contributed by atoms with Crippen LogP contribution in [0.1, 0.15) is 51.9 Å². The summed E-state index contributed by atoms with van der Waals surface area (Å²) in [4.78, 5) is 14.5. The maximum atomic E-state index is 12.3. The summed E-state index contributed by atoms with van der Waals surface area (Å²) >= 11 is 0. The number of amides is 1. The lowest BCUT2D eigenvalue weighted by atomic mass is 9.95. The van der Waals surface area contributed by atoms with Crippen molar-refractivity contribution in [3.63, 3.8) is 0 Å². The topological polar surface area (TPSA) is 32.3 Å². The van der Waals surface area contributed by atoms with E-state index in [1.165, 1.54) is 38.5 Å². The van der Waals surface area contributed by atoms with Crippen LogP contribution >= 0.6 is 0 Å². The molecule has 17 heavy (non-hydrogen) atoms. The number of nitrogens with one attached hydrogen (secondary N) is 1. The Kier molecular flexibility index (Phi) is 4.84. The molecule has 2 fully saturated rings. The van der Waals surface area contributed by atoms with E-state index >= 15 is 0 Å². The van der Waals surface area contributed by atoms with Gasteiger partial charge in [0.2, 0.25) is 5.91 Å². The highest BCUT2D eigenvalue weighted by molar-refractivity contribution is 5.76. The van der Waals surface area contributed by atoms with Crippen LogP contribution in [0, 0.1) is 5.92 Å². The van der Waals surface area contributed by atoms with Gasteiger partial charge in [-0.25, -0.2) is 0 Å². The molecule has 98 valence electrons. The number of carbonyl (C=O) groups is 1. The molecule has 2 heterocycles. The summed E-state index contributed by atoms with van der Waals surface area (Å²) in [5, 5.41) is 3.40. The Hall–Kier alpha value is -0.570. The maximum Gasteiger partial charge on any atom is 0.223 e. The number of carbonyl (C=O) groups excluding carboxylic acids is 1. The molecular formula is C14H26N2O. The molecule has 0 bridgehead atoms. The van der Waals surface area contributed by atoms with Crippen molar-refractivity contribution in [2.75, 3.05) is 19.6 Å². The minimum atomic E-state index is 0.396. The largest absolute Gasteiger partial charge is 0.340 e. The molecule has 0 spiro atoms. The van der Waals surface area contributed by atoms with Gasteiger partial charge in [0.25, 0.3) is 0 Å². The molecular weight excluding hydrogens is 212 g/mol. The molecule has 2 saturated heterocycles. The average molecular weight is 238 g/mol. The molecule has 2 atom stereocenters. The van der Waals surface area contributed by atoms with E-state index in [2.05, 4.69) is 17.1 Å². The van der Waals surface area contributed by atoms with Crippen LogP contribution in [0.5, 0.6) is 0 Å². The summed E-state index contributed by atoms with van der Waals surface area (Å²) in [7, 11) is 0. The normalized spacial score (nSPS) is 31.0. The van der Waals surface area contributed by atoms with Gasteiger partial charge in [-0.05, 0) is 51.6 Å². The van der Waals surface area contributed by atoms with Gasteiger partial charge in [-0.3, -0.25) is 4.79 Å². The lowest BCUT2D eigenvalue weighted by Crippen LogP contribution is -2.41. The third kappa shape index (κ3) is 3.70. The second kappa shape index (κ2) is 6.39. The van der Waals surface area contributed by atoms with Gasteiger partial charge in [0.15, 0.2) is 0 Å². The van der Waals surface area contributed by atoms with Crippen LogP contribution in [-0.2, 0) is 4.79 Å².